The number of hydrogen-bond donors (Lipinski definition) is 1. The van der Waals surface area contributed by atoms with Crippen LogP contribution < -0.4 is 5.32 Å². The molecule has 0 saturated heterocycles. The Morgan fingerprint density at radius 2 is 2.26 bits per heavy atom. The molecule has 1 N–H and O–H groups in total. The lowest BCUT2D eigenvalue weighted by Gasteiger charge is -2.05. The zero-order valence-electron chi connectivity index (χ0n) is 10.2. The predicted molar refractivity (Wildman–Crippen MR) is 64.6 cm³/mol. The number of nitro groups is 1. The van der Waals surface area contributed by atoms with Gasteiger partial charge in [-0.3, -0.25) is 10.1 Å². The van der Waals surface area contributed by atoms with Crippen molar-refractivity contribution < 1.29 is 9.31 Å². The highest BCUT2D eigenvalue weighted by Gasteiger charge is 2.16. The van der Waals surface area contributed by atoms with Gasteiger partial charge in [0.1, 0.15) is 12.2 Å². The van der Waals surface area contributed by atoms with Gasteiger partial charge in [0.25, 0.3) is 0 Å². The summed E-state index contributed by atoms with van der Waals surface area (Å²) in [4.78, 5) is 9.87. The number of nitrogens with zero attached hydrogens (tertiary/aromatic N) is 4. The van der Waals surface area contributed by atoms with Crippen molar-refractivity contribution in [2.75, 3.05) is 0 Å². The molecular weight excluding hydrogens is 253 g/mol. The Morgan fingerprint density at radius 3 is 2.89 bits per heavy atom. The van der Waals surface area contributed by atoms with Gasteiger partial charge >= 0.3 is 5.69 Å². The highest BCUT2D eigenvalue weighted by Crippen LogP contribution is 2.19. The molecule has 0 saturated carbocycles. The Morgan fingerprint density at radius 1 is 1.47 bits per heavy atom. The maximum atomic E-state index is 13.8. The van der Waals surface area contributed by atoms with E-state index in [2.05, 4.69) is 15.5 Å². The first-order valence-electron chi connectivity index (χ1n) is 5.55. The van der Waals surface area contributed by atoms with Crippen LogP contribution in [0.5, 0.6) is 0 Å². The fraction of sp³-hybridized carbons (Fsp3) is 0.273. The highest BCUT2D eigenvalue weighted by molar-refractivity contribution is 5.36. The molecule has 2 aromatic rings. The first-order valence-corrected chi connectivity index (χ1v) is 5.55. The molecule has 1 aromatic heterocycles. The smallest absolute Gasteiger partial charge is 0.305 e. The minimum atomic E-state index is -0.807. The second-order valence-corrected chi connectivity index (χ2v) is 3.97. The molecule has 0 aliphatic rings. The van der Waals surface area contributed by atoms with Crippen LogP contribution in [-0.4, -0.2) is 19.7 Å². The summed E-state index contributed by atoms with van der Waals surface area (Å²) in [7, 11) is 1.80. The number of nitrogens with one attached hydrogen (secondary N) is 1. The van der Waals surface area contributed by atoms with Crippen molar-refractivity contribution in [1.29, 1.82) is 0 Å². The quantitative estimate of drug-likeness (QED) is 0.647. The van der Waals surface area contributed by atoms with E-state index >= 15 is 0 Å². The Bertz CT molecular complexity index is 599. The van der Waals surface area contributed by atoms with Gasteiger partial charge in [-0.05, 0) is 0 Å². The van der Waals surface area contributed by atoms with Crippen molar-refractivity contribution in [3.63, 3.8) is 0 Å². The summed E-state index contributed by atoms with van der Waals surface area (Å²) >= 11 is 0. The largest absolute Gasteiger partial charge is 0.320 e. The second kappa shape index (κ2) is 5.53. The summed E-state index contributed by atoms with van der Waals surface area (Å²) in [6.45, 7) is 0.582. The summed E-state index contributed by atoms with van der Waals surface area (Å²) in [5, 5.41) is 21.1. The zero-order valence-corrected chi connectivity index (χ0v) is 10.2. The van der Waals surface area contributed by atoms with Crippen molar-refractivity contribution in [3.05, 3.63) is 51.8 Å². The second-order valence-electron chi connectivity index (χ2n) is 3.97. The molecule has 1 aromatic carbocycles. The molecule has 0 spiro atoms. The van der Waals surface area contributed by atoms with Crippen molar-refractivity contribution >= 4 is 5.69 Å². The molecule has 0 aliphatic carbocycles. The van der Waals surface area contributed by atoms with Crippen LogP contribution in [0.4, 0.5) is 10.1 Å². The van der Waals surface area contributed by atoms with E-state index in [-0.39, 0.29) is 12.1 Å². The van der Waals surface area contributed by atoms with E-state index in [4.69, 9.17) is 0 Å². The fourth-order valence-corrected chi connectivity index (χ4v) is 1.62. The fourth-order valence-electron chi connectivity index (χ4n) is 1.62. The monoisotopic (exact) mass is 265 g/mol. The highest BCUT2D eigenvalue weighted by atomic mass is 19.1. The van der Waals surface area contributed by atoms with E-state index in [1.54, 1.807) is 17.9 Å². The van der Waals surface area contributed by atoms with Gasteiger partial charge in [-0.25, -0.2) is 0 Å². The van der Waals surface area contributed by atoms with Crippen LogP contribution >= 0.6 is 0 Å². The SMILES string of the molecule is Cn1cnnc1CNCc1cccc([N+](=O)[O-])c1F. The zero-order chi connectivity index (χ0) is 13.8. The van der Waals surface area contributed by atoms with E-state index in [0.717, 1.165) is 6.07 Å². The van der Waals surface area contributed by atoms with E-state index in [1.807, 2.05) is 0 Å². The van der Waals surface area contributed by atoms with Crippen LogP contribution in [0.1, 0.15) is 11.4 Å². The van der Waals surface area contributed by atoms with Gasteiger partial charge in [0.2, 0.25) is 5.82 Å². The number of benzene rings is 1. The number of aromatic nitrogens is 3. The molecule has 0 fully saturated rings. The number of halogens is 1. The number of aryl methyl sites for hydroxylation is 1. The van der Waals surface area contributed by atoms with Crippen LogP contribution in [-0.2, 0) is 20.1 Å². The molecule has 19 heavy (non-hydrogen) atoms. The molecule has 8 heteroatoms. The minimum absolute atomic E-state index is 0.181. The van der Waals surface area contributed by atoms with Crippen LogP contribution in [0.3, 0.4) is 0 Å². The Balaban J connectivity index is 2.02. The predicted octanol–water partition coefficient (Wildman–Crippen LogP) is 1.15. The van der Waals surface area contributed by atoms with E-state index < -0.39 is 16.4 Å². The molecule has 0 radical (unpaired) electrons. The van der Waals surface area contributed by atoms with Gasteiger partial charge in [0.15, 0.2) is 0 Å². The summed E-state index contributed by atoms with van der Waals surface area (Å²) in [5.41, 5.74) is -0.269. The van der Waals surface area contributed by atoms with Crippen LogP contribution in [0.25, 0.3) is 0 Å². The lowest BCUT2D eigenvalue weighted by atomic mass is 10.2. The van der Waals surface area contributed by atoms with Gasteiger partial charge < -0.3 is 9.88 Å². The van der Waals surface area contributed by atoms with E-state index in [9.17, 15) is 14.5 Å². The van der Waals surface area contributed by atoms with Crippen molar-refractivity contribution in [2.45, 2.75) is 13.1 Å². The molecule has 0 bridgehead atoms. The lowest BCUT2D eigenvalue weighted by molar-refractivity contribution is -0.387. The van der Waals surface area contributed by atoms with Gasteiger partial charge in [-0.15, -0.1) is 10.2 Å². The topological polar surface area (TPSA) is 85.9 Å². The standard InChI is InChI=1S/C11H12FN5O2/c1-16-7-14-15-10(16)6-13-5-8-3-2-4-9(11(8)12)17(18)19/h2-4,7,13H,5-6H2,1H3. The van der Waals surface area contributed by atoms with Crippen molar-refractivity contribution in [3.8, 4) is 0 Å². The Kier molecular flexibility index (Phi) is 3.81. The normalized spacial score (nSPS) is 10.6. The molecule has 1 heterocycles. The maximum Gasteiger partial charge on any atom is 0.305 e. The summed E-state index contributed by atoms with van der Waals surface area (Å²) in [5.74, 6) is -0.108. The van der Waals surface area contributed by atoms with Crippen LogP contribution in [0.2, 0.25) is 0 Å². The first-order chi connectivity index (χ1) is 9.09. The molecule has 2 rings (SSSR count). The minimum Gasteiger partial charge on any atom is -0.320 e. The average Bonchev–Trinajstić information content (AvgIpc) is 2.77. The summed E-state index contributed by atoms with van der Waals surface area (Å²) < 4.78 is 15.5. The van der Waals surface area contributed by atoms with Crippen molar-refractivity contribution in [1.82, 2.24) is 20.1 Å². The van der Waals surface area contributed by atoms with E-state index in [0.29, 0.717) is 12.4 Å². The van der Waals surface area contributed by atoms with E-state index in [1.165, 1.54) is 12.1 Å². The van der Waals surface area contributed by atoms with Gasteiger partial charge in [-0.2, -0.15) is 4.39 Å². The van der Waals surface area contributed by atoms with Crippen molar-refractivity contribution in [2.24, 2.45) is 7.05 Å². The maximum absolute atomic E-state index is 13.8. The molecular formula is C11H12FN5O2. The molecule has 0 unspecified atom stereocenters. The third-order valence-electron chi connectivity index (χ3n) is 2.66. The molecule has 0 atom stereocenters. The Hall–Kier alpha value is -2.35. The third kappa shape index (κ3) is 2.91. The summed E-state index contributed by atoms with van der Waals surface area (Å²) in [6.07, 6.45) is 1.56. The lowest BCUT2D eigenvalue weighted by Crippen LogP contribution is -2.16. The number of nitro benzene ring substituents is 1. The third-order valence-corrected chi connectivity index (χ3v) is 2.66. The average molecular weight is 265 g/mol. The molecule has 0 aliphatic heterocycles. The molecule has 0 amide bonds. The Labute approximate surface area is 108 Å². The van der Waals surface area contributed by atoms with Gasteiger partial charge in [0.05, 0.1) is 11.5 Å². The summed E-state index contributed by atoms with van der Waals surface area (Å²) in [6, 6.07) is 4.11. The van der Waals surface area contributed by atoms with Gasteiger partial charge in [0, 0.05) is 25.2 Å². The molecule has 100 valence electrons. The van der Waals surface area contributed by atoms with Gasteiger partial charge in [-0.1, -0.05) is 12.1 Å². The van der Waals surface area contributed by atoms with Crippen LogP contribution in [0, 0.1) is 15.9 Å². The number of hydrogen-bond acceptors (Lipinski definition) is 5. The first kappa shape index (κ1) is 13.1. The number of rotatable bonds is 5. The van der Waals surface area contributed by atoms with Crippen LogP contribution in [0.15, 0.2) is 24.5 Å². The molecule has 7 nitrogen and oxygen atoms in total.